The lowest BCUT2D eigenvalue weighted by Crippen LogP contribution is -2.36. The molecule has 0 fully saturated rings. The van der Waals surface area contributed by atoms with Crippen molar-refractivity contribution < 1.29 is 9.53 Å². The third-order valence-corrected chi connectivity index (χ3v) is 3.36. The Balaban J connectivity index is 2.30. The summed E-state index contributed by atoms with van der Waals surface area (Å²) in [6.45, 7) is 6.08. The van der Waals surface area contributed by atoms with E-state index in [1.807, 2.05) is 32.9 Å². The molecule has 0 aliphatic carbocycles. The van der Waals surface area contributed by atoms with Gasteiger partial charge in [-0.2, -0.15) is 0 Å². The highest BCUT2D eigenvalue weighted by Gasteiger charge is 2.34. The van der Waals surface area contributed by atoms with Crippen LogP contribution < -0.4 is 10.6 Å². The first-order valence-electron chi connectivity index (χ1n) is 6.27. The van der Waals surface area contributed by atoms with Gasteiger partial charge in [0.15, 0.2) is 0 Å². The number of fused-ring (bicyclic) bond motifs is 1. The van der Waals surface area contributed by atoms with Crippen LogP contribution in [0.15, 0.2) is 18.2 Å². The first-order chi connectivity index (χ1) is 8.81. The molecule has 19 heavy (non-hydrogen) atoms. The number of benzene rings is 1. The fourth-order valence-electron chi connectivity index (χ4n) is 2.18. The summed E-state index contributed by atoms with van der Waals surface area (Å²) in [7, 11) is 0. The minimum Gasteiger partial charge on any atom is -0.443 e. The lowest BCUT2D eigenvalue weighted by molar-refractivity contribution is 0.0582. The predicted octanol–water partition coefficient (Wildman–Crippen LogP) is 3.35. The fraction of sp³-hybridized carbons (Fsp3) is 0.500. The molecule has 0 saturated heterocycles. The summed E-state index contributed by atoms with van der Waals surface area (Å²) < 4.78 is 5.41. The maximum atomic E-state index is 12.2. The van der Waals surface area contributed by atoms with Crippen LogP contribution >= 0.6 is 11.6 Å². The van der Waals surface area contributed by atoms with Gasteiger partial charge >= 0.3 is 6.09 Å². The van der Waals surface area contributed by atoms with Gasteiger partial charge < -0.3 is 10.5 Å². The van der Waals surface area contributed by atoms with Crippen LogP contribution in [0.5, 0.6) is 0 Å². The van der Waals surface area contributed by atoms with E-state index in [2.05, 4.69) is 0 Å². The van der Waals surface area contributed by atoms with Crippen molar-refractivity contribution in [2.24, 2.45) is 0 Å². The summed E-state index contributed by atoms with van der Waals surface area (Å²) >= 11 is 5.97. The summed E-state index contributed by atoms with van der Waals surface area (Å²) in [6, 6.07) is 5.56. The monoisotopic (exact) mass is 282 g/mol. The molecular formula is C14H19ClN2O2. The average Bonchev–Trinajstić information content (AvgIpc) is 2.64. The highest BCUT2D eigenvalue weighted by Crippen LogP contribution is 2.38. The minimum absolute atomic E-state index is 0.129. The predicted molar refractivity (Wildman–Crippen MR) is 77.9 cm³/mol. The van der Waals surface area contributed by atoms with Gasteiger partial charge in [0.25, 0.3) is 0 Å². The third-order valence-electron chi connectivity index (χ3n) is 2.99. The Labute approximate surface area is 118 Å². The second-order valence-corrected chi connectivity index (χ2v) is 6.07. The van der Waals surface area contributed by atoms with E-state index >= 15 is 0 Å². The van der Waals surface area contributed by atoms with E-state index in [4.69, 9.17) is 22.1 Å². The number of nitrogens with two attached hydrogens (primary N) is 1. The van der Waals surface area contributed by atoms with Crippen molar-refractivity contribution >= 4 is 29.1 Å². The first-order valence-corrected chi connectivity index (χ1v) is 6.81. The van der Waals surface area contributed by atoms with Crippen molar-refractivity contribution in [2.75, 3.05) is 23.1 Å². The summed E-state index contributed by atoms with van der Waals surface area (Å²) in [4.78, 5) is 13.8. The van der Waals surface area contributed by atoms with Crippen molar-refractivity contribution in [3.05, 3.63) is 23.8 Å². The molecule has 0 saturated carbocycles. The Kier molecular flexibility index (Phi) is 3.63. The average molecular weight is 283 g/mol. The van der Waals surface area contributed by atoms with Gasteiger partial charge in [0, 0.05) is 24.0 Å². The van der Waals surface area contributed by atoms with Gasteiger partial charge in [-0.1, -0.05) is 6.07 Å². The zero-order valence-corrected chi connectivity index (χ0v) is 12.2. The molecule has 104 valence electrons. The van der Waals surface area contributed by atoms with E-state index < -0.39 is 5.60 Å². The number of halogens is 1. The van der Waals surface area contributed by atoms with Crippen LogP contribution in [0, 0.1) is 0 Å². The molecule has 1 aliphatic rings. The van der Waals surface area contributed by atoms with E-state index in [9.17, 15) is 4.79 Å². The number of hydrogen-bond acceptors (Lipinski definition) is 3. The second kappa shape index (κ2) is 4.93. The maximum Gasteiger partial charge on any atom is 0.414 e. The number of hydrogen-bond donors (Lipinski definition) is 1. The summed E-state index contributed by atoms with van der Waals surface area (Å²) in [6.07, 6.45) is -0.355. The molecule has 2 rings (SSSR count). The molecular weight excluding hydrogens is 264 g/mol. The molecule has 1 aromatic rings. The summed E-state index contributed by atoms with van der Waals surface area (Å²) in [5, 5.41) is 0. The Hall–Kier alpha value is -1.42. The second-order valence-electron chi connectivity index (χ2n) is 5.76. The lowest BCUT2D eigenvalue weighted by atomic mass is 10.0. The molecule has 0 spiro atoms. The van der Waals surface area contributed by atoms with Crippen molar-refractivity contribution in [3.63, 3.8) is 0 Å². The minimum atomic E-state index is -0.517. The fourth-order valence-corrected chi connectivity index (χ4v) is 2.44. The molecule has 1 amide bonds. The van der Waals surface area contributed by atoms with E-state index in [1.165, 1.54) is 0 Å². The topological polar surface area (TPSA) is 55.6 Å². The smallest absolute Gasteiger partial charge is 0.414 e. The number of carbonyl (C=O) groups is 1. The number of ether oxygens (including phenoxy) is 1. The number of alkyl halides is 1. The van der Waals surface area contributed by atoms with Crippen LogP contribution in [0.25, 0.3) is 0 Å². The molecule has 1 aliphatic heterocycles. The molecule has 4 nitrogen and oxygen atoms in total. The van der Waals surface area contributed by atoms with Crippen molar-refractivity contribution in [1.29, 1.82) is 0 Å². The van der Waals surface area contributed by atoms with Crippen molar-refractivity contribution in [3.8, 4) is 0 Å². The van der Waals surface area contributed by atoms with Crippen molar-refractivity contribution in [1.82, 2.24) is 0 Å². The molecule has 5 heteroatoms. The number of amides is 1. The molecule has 1 heterocycles. The third kappa shape index (κ3) is 2.95. The molecule has 1 aromatic carbocycles. The molecule has 1 atom stereocenters. The molecule has 0 aromatic heterocycles. The number of nitrogen functional groups attached to an aromatic ring is 1. The summed E-state index contributed by atoms with van der Waals surface area (Å²) in [5.74, 6) is 0.598. The Bertz CT molecular complexity index is 497. The first kappa shape index (κ1) is 14.0. The SMILES string of the molecule is CC(C)(C)OC(=O)N1CC(CCl)c2ccc(N)cc21. The van der Waals surface area contributed by atoms with Gasteiger partial charge in [-0.15, -0.1) is 11.6 Å². The normalized spacial score (nSPS) is 18.3. The number of nitrogens with zero attached hydrogens (tertiary/aromatic N) is 1. The molecule has 1 unspecified atom stereocenters. The standard InChI is InChI=1S/C14H19ClN2O2/c1-14(2,3)19-13(18)17-8-9(7-15)11-5-4-10(16)6-12(11)17/h4-6,9H,7-8,16H2,1-3H3. The van der Waals surface area contributed by atoms with Crippen LogP contribution in [0.3, 0.4) is 0 Å². The van der Waals surface area contributed by atoms with Gasteiger partial charge in [0.05, 0.1) is 5.69 Å². The van der Waals surface area contributed by atoms with Crippen molar-refractivity contribution in [2.45, 2.75) is 32.3 Å². The molecule has 2 N–H and O–H groups in total. The summed E-state index contributed by atoms with van der Waals surface area (Å²) in [5.41, 5.74) is 7.76. The van der Waals surface area contributed by atoms with E-state index in [0.29, 0.717) is 18.1 Å². The Morgan fingerprint density at radius 2 is 2.21 bits per heavy atom. The van der Waals surface area contributed by atoms with E-state index in [-0.39, 0.29) is 12.0 Å². The van der Waals surface area contributed by atoms with Gasteiger partial charge in [-0.3, -0.25) is 4.90 Å². The van der Waals surface area contributed by atoms with Gasteiger partial charge in [0.2, 0.25) is 0 Å². The number of anilines is 2. The van der Waals surface area contributed by atoms with Gasteiger partial charge in [0.1, 0.15) is 5.60 Å². The molecule has 0 bridgehead atoms. The molecule has 0 radical (unpaired) electrons. The Morgan fingerprint density at radius 3 is 2.79 bits per heavy atom. The van der Waals surface area contributed by atoms with Crippen LogP contribution in [-0.4, -0.2) is 24.1 Å². The van der Waals surface area contributed by atoms with Crippen LogP contribution in [0.4, 0.5) is 16.2 Å². The lowest BCUT2D eigenvalue weighted by Gasteiger charge is -2.25. The van der Waals surface area contributed by atoms with Crippen LogP contribution in [0.1, 0.15) is 32.3 Å². The zero-order chi connectivity index (χ0) is 14.2. The van der Waals surface area contributed by atoms with Crippen LogP contribution in [0.2, 0.25) is 0 Å². The zero-order valence-electron chi connectivity index (χ0n) is 11.4. The number of rotatable bonds is 1. The largest absolute Gasteiger partial charge is 0.443 e. The van der Waals surface area contributed by atoms with Gasteiger partial charge in [-0.25, -0.2) is 4.79 Å². The quantitative estimate of drug-likeness (QED) is 0.635. The number of carbonyl (C=O) groups excluding carboxylic acids is 1. The highest BCUT2D eigenvalue weighted by molar-refractivity contribution is 6.18. The maximum absolute atomic E-state index is 12.2. The van der Waals surface area contributed by atoms with Crippen LogP contribution in [-0.2, 0) is 4.74 Å². The highest BCUT2D eigenvalue weighted by atomic mass is 35.5. The van der Waals surface area contributed by atoms with E-state index in [0.717, 1.165) is 11.3 Å². The Morgan fingerprint density at radius 1 is 1.53 bits per heavy atom. The van der Waals surface area contributed by atoms with E-state index in [1.54, 1.807) is 11.0 Å². The van der Waals surface area contributed by atoms with Gasteiger partial charge in [-0.05, 0) is 38.5 Å².